The second-order valence-electron chi connectivity index (χ2n) is 4.60. The molecule has 0 spiro atoms. The Labute approximate surface area is 117 Å². The first-order chi connectivity index (χ1) is 9.25. The molecule has 3 nitrogen and oxygen atoms in total. The molecule has 0 unspecified atom stereocenters. The van der Waals surface area contributed by atoms with Gasteiger partial charge in [-0.05, 0) is 43.1 Å². The van der Waals surface area contributed by atoms with Crippen LogP contribution in [0.5, 0.6) is 0 Å². The van der Waals surface area contributed by atoms with Gasteiger partial charge in [-0.15, -0.1) is 11.3 Å². The average molecular weight is 274 g/mol. The van der Waals surface area contributed by atoms with Gasteiger partial charge < -0.3 is 4.90 Å². The van der Waals surface area contributed by atoms with E-state index >= 15 is 0 Å². The summed E-state index contributed by atoms with van der Waals surface area (Å²) in [5, 5.41) is 1.95. The second-order valence-corrected chi connectivity index (χ2v) is 5.55. The molecule has 2 rings (SSSR count). The third-order valence-electron chi connectivity index (χ3n) is 2.91. The monoisotopic (exact) mass is 274 g/mol. The predicted molar refractivity (Wildman–Crippen MR) is 78.5 cm³/mol. The fraction of sp³-hybridized carbons (Fsp3) is 0.333. The second kappa shape index (κ2) is 7.16. The molecule has 0 saturated carbocycles. The molecule has 2 aromatic rings. The normalized spacial score (nSPS) is 10.8. The molecular formula is C15H18N2OS. The van der Waals surface area contributed by atoms with E-state index in [2.05, 4.69) is 23.0 Å². The number of carbonyl (C=O) groups is 1. The molecule has 0 aliphatic heterocycles. The number of hydrogen-bond acceptors (Lipinski definition) is 4. The fourth-order valence-corrected chi connectivity index (χ4v) is 2.65. The molecule has 2 aromatic heterocycles. The van der Waals surface area contributed by atoms with Crippen LogP contribution in [-0.2, 0) is 6.54 Å². The summed E-state index contributed by atoms with van der Waals surface area (Å²) in [6.45, 7) is 1.80. The zero-order valence-electron chi connectivity index (χ0n) is 11.1. The van der Waals surface area contributed by atoms with Crippen LogP contribution >= 0.6 is 11.3 Å². The third-order valence-corrected chi connectivity index (χ3v) is 3.83. The van der Waals surface area contributed by atoms with Gasteiger partial charge in [-0.1, -0.05) is 12.1 Å². The van der Waals surface area contributed by atoms with E-state index in [4.69, 9.17) is 0 Å². The molecule has 0 saturated heterocycles. The Morgan fingerprint density at radius 1 is 1.37 bits per heavy atom. The molecule has 0 aliphatic carbocycles. The van der Waals surface area contributed by atoms with Crippen molar-refractivity contribution in [1.82, 2.24) is 9.88 Å². The topological polar surface area (TPSA) is 33.2 Å². The molecule has 0 N–H and O–H groups in total. The van der Waals surface area contributed by atoms with E-state index in [1.807, 2.05) is 29.8 Å². The quantitative estimate of drug-likeness (QED) is 0.727. The summed E-state index contributed by atoms with van der Waals surface area (Å²) in [6.07, 6.45) is 5.18. The van der Waals surface area contributed by atoms with Crippen molar-refractivity contribution in [2.24, 2.45) is 0 Å². The maximum absolute atomic E-state index is 11.8. The van der Waals surface area contributed by atoms with E-state index in [0.29, 0.717) is 6.42 Å². The van der Waals surface area contributed by atoms with Crippen molar-refractivity contribution < 1.29 is 4.79 Å². The summed E-state index contributed by atoms with van der Waals surface area (Å²) >= 11 is 1.52. The van der Waals surface area contributed by atoms with E-state index in [9.17, 15) is 4.79 Å². The van der Waals surface area contributed by atoms with Crippen LogP contribution in [0.3, 0.4) is 0 Å². The van der Waals surface area contributed by atoms with Gasteiger partial charge in [0.25, 0.3) is 0 Å². The molecule has 0 aliphatic rings. The van der Waals surface area contributed by atoms with E-state index in [1.165, 1.54) is 16.9 Å². The van der Waals surface area contributed by atoms with Gasteiger partial charge in [0, 0.05) is 25.4 Å². The maximum Gasteiger partial charge on any atom is 0.172 e. The molecule has 100 valence electrons. The smallest absolute Gasteiger partial charge is 0.172 e. The number of rotatable bonds is 7. The highest BCUT2D eigenvalue weighted by Crippen LogP contribution is 2.12. The molecule has 0 fully saturated rings. The van der Waals surface area contributed by atoms with Crippen LogP contribution in [0.1, 0.15) is 28.1 Å². The Morgan fingerprint density at radius 3 is 2.95 bits per heavy atom. The van der Waals surface area contributed by atoms with E-state index < -0.39 is 0 Å². The largest absolute Gasteiger partial charge is 0.302 e. The minimum Gasteiger partial charge on any atom is -0.302 e. The van der Waals surface area contributed by atoms with Crippen LogP contribution in [-0.4, -0.2) is 29.3 Å². The highest BCUT2D eigenvalue weighted by molar-refractivity contribution is 7.12. The summed E-state index contributed by atoms with van der Waals surface area (Å²) in [5.74, 6) is 0.254. The van der Waals surface area contributed by atoms with Crippen molar-refractivity contribution in [3.63, 3.8) is 0 Å². The van der Waals surface area contributed by atoms with Crippen molar-refractivity contribution >= 4 is 17.1 Å². The van der Waals surface area contributed by atoms with Gasteiger partial charge in [0.05, 0.1) is 4.88 Å². The van der Waals surface area contributed by atoms with Crippen molar-refractivity contribution in [2.75, 3.05) is 13.6 Å². The number of ketones is 1. The molecule has 0 atom stereocenters. The van der Waals surface area contributed by atoms with Gasteiger partial charge in [-0.3, -0.25) is 9.78 Å². The van der Waals surface area contributed by atoms with Gasteiger partial charge in [0.15, 0.2) is 5.78 Å². The van der Waals surface area contributed by atoms with Crippen LogP contribution < -0.4 is 0 Å². The fourth-order valence-electron chi connectivity index (χ4n) is 1.95. The minimum atomic E-state index is 0.254. The van der Waals surface area contributed by atoms with E-state index in [-0.39, 0.29) is 5.78 Å². The molecule has 4 heteroatoms. The zero-order valence-corrected chi connectivity index (χ0v) is 11.9. The minimum absolute atomic E-state index is 0.254. The summed E-state index contributed by atoms with van der Waals surface area (Å²) in [6, 6.07) is 7.84. The molecular weight excluding hydrogens is 256 g/mol. The first-order valence-corrected chi connectivity index (χ1v) is 7.28. The molecule has 0 bridgehead atoms. The van der Waals surface area contributed by atoms with Crippen LogP contribution in [0.2, 0.25) is 0 Å². The highest BCUT2D eigenvalue weighted by atomic mass is 32.1. The van der Waals surface area contributed by atoms with Gasteiger partial charge in [-0.25, -0.2) is 0 Å². The Bertz CT molecular complexity index is 496. The summed E-state index contributed by atoms with van der Waals surface area (Å²) in [4.78, 5) is 19.0. The summed E-state index contributed by atoms with van der Waals surface area (Å²) < 4.78 is 0. The Hall–Kier alpha value is -1.52. The number of Topliss-reactive ketones (excluding diaryl/α,β-unsaturated/α-hetero) is 1. The molecule has 0 radical (unpaired) electrons. The molecule has 0 amide bonds. The third kappa shape index (κ3) is 4.58. The lowest BCUT2D eigenvalue weighted by Crippen LogP contribution is -2.19. The Balaban J connectivity index is 1.69. The first kappa shape index (κ1) is 13.9. The Morgan fingerprint density at radius 2 is 2.26 bits per heavy atom. The van der Waals surface area contributed by atoms with Gasteiger partial charge in [0.2, 0.25) is 0 Å². The molecule has 2 heterocycles. The van der Waals surface area contributed by atoms with Crippen molar-refractivity contribution in [1.29, 1.82) is 0 Å². The van der Waals surface area contributed by atoms with Gasteiger partial charge in [0.1, 0.15) is 0 Å². The lowest BCUT2D eigenvalue weighted by Gasteiger charge is -2.15. The number of thiophene rings is 1. The number of nitrogens with zero attached hydrogens (tertiary/aromatic N) is 2. The van der Waals surface area contributed by atoms with Crippen molar-refractivity contribution in [3.8, 4) is 0 Å². The lowest BCUT2D eigenvalue weighted by molar-refractivity contribution is 0.0980. The standard InChI is InChI=1S/C15H18N2OS/c1-17(12-13-5-2-8-16-11-13)9-3-6-14(18)15-7-4-10-19-15/h2,4-5,7-8,10-11H,3,6,9,12H2,1H3. The van der Waals surface area contributed by atoms with Gasteiger partial charge >= 0.3 is 0 Å². The number of carbonyl (C=O) groups excluding carboxylic acids is 1. The number of aromatic nitrogens is 1. The van der Waals surface area contributed by atoms with Crippen molar-refractivity contribution in [2.45, 2.75) is 19.4 Å². The highest BCUT2D eigenvalue weighted by Gasteiger charge is 2.07. The maximum atomic E-state index is 11.8. The molecule has 0 aromatic carbocycles. The predicted octanol–water partition coefficient (Wildman–Crippen LogP) is 3.24. The van der Waals surface area contributed by atoms with Crippen LogP contribution in [0, 0.1) is 0 Å². The summed E-state index contributed by atoms with van der Waals surface area (Å²) in [7, 11) is 2.07. The van der Waals surface area contributed by atoms with Crippen LogP contribution in [0.25, 0.3) is 0 Å². The van der Waals surface area contributed by atoms with Gasteiger partial charge in [-0.2, -0.15) is 0 Å². The SMILES string of the molecule is CN(CCCC(=O)c1cccs1)Cc1cccnc1. The Kier molecular flexibility index (Phi) is 5.24. The van der Waals surface area contributed by atoms with Crippen LogP contribution in [0.4, 0.5) is 0 Å². The van der Waals surface area contributed by atoms with E-state index in [1.54, 1.807) is 6.20 Å². The van der Waals surface area contributed by atoms with E-state index in [0.717, 1.165) is 24.4 Å². The first-order valence-electron chi connectivity index (χ1n) is 6.40. The van der Waals surface area contributed by atoms with Crippen molar-refractivity contribution in [3.05, 3.63) is 52.5 Å². The number of hydrogen-bond donors (Lipinski definition) is 0. The zero-order chi connectivity index (χ0) is 13.5. The lowest BCUT2D eigenvalue weighted by atomic mass is 10.2. The average Bonchev–Trinajstić information content (AvgIpc) is 2.93. The van der Waals surface area contributed by atoms with Crippen LogP contribution in [0.15, 0.2) is 42.0 Å². The number of pyridine rings is 1. The summed E-state index contributed by atoms with van der Waals surface area (Å²) in [5.41, 5.74) is 1.20. The molecule has 19 heavy (non-hydrogen) atoms.